The first-order chi connectivity index (χ1) is 13.2. The Balaban J connectivity index is 1.32. The predicted octanol–water partition coefficient (Wildman–Crippen LogP) is 2.84. The number of carbonyl (C=O) groups is 2. The van der Waals surface area contributed by atoms with Gasteiger partial charge in [-0.2, -0.15) is 0 Å². The van der Waals surface area contributed by atoms with Crippen molar-refractivity contribution in [2.75, 3.05) is 19.6 Å². The van der Waals surface area contributed by atoms with E-state index in [0.29, 0.717) is 6.54 Å². The van der Waals surface area contributed by atoms with Crippen molar-refractivity contribution in [1.82, 2.24) is 15.2 Å². The average Bonchev–Trinajstić information content (AvgIpc) is 3.37. The van der Waals surface area contributed by atoms with Crippen molar-refractivity contribution in [3.05, 3.63) is 51.5 Å². The van der Waals surface area contributed by atoms with Crippen molar-refractivity contribution in [2.45, 2.75) is 38.5 Å². The SMILES string of the molecule is O=C(NCCc1ccncc1)[C@@H]1CCc2sc(C(=O)N3CCCC3)cc2C1. The fraction of sp³-hybridized carbons (Fsp3) is 0.476. The van der Waals surface area contributed by atoms with Crippen LogP contribution in [0, 0.1) is 5.92 Å². The Kier molecular flexibility index (Phi) is 5.53. The third-order valence-electron chi connectivity index (χ3n) is 5.52. The summed E-state index contributed by atoms with van der Waals surface area (Å²) in [7, 11) is 0. The standard InChI is InChI=1S/C21H25N3O2S/c25-20(23-10-7-15-5-8-22-9-6-15)16-3-4-18-17(13-16)14-19(27-18)21(26)24-11-1-2-12-24/h5-6,8-9,14,16H,1-4,7,10-13H2,(H,23,25)/t16-/m1/s1. The summed E-state index contributed by atoms with van der Waals surface area (Å²) in [6.45, 7) is 2.41. The van der Waals surface area contributed by atoms with Crippen LogP contribution in [0.2, 0.25) is 0 Å². The van der Waals surface area contributed by atoms with Gasteiger partial charge in [0, 0.05) is 42.8 Å². The molecule has 2 aromatic rings. The zero-order valence-corrected chi connectivity index (χ0v) is 16.3. The molecule has 27 heavy (non-hydrogen) atoms. The molecule has 0 radical (unpaired) electrons. The summed E-state index contributed by atoms with van der Waals surface area (Å²) in [5, 5.41) is 3.07. The van der Waals surface area contributed by atoms with Gasteiger partial charge in [0.1, 0.15) is 0 Å². The highest BCUT2D eigenvalue weighted by Gasteiger charge is 2.28. The molecule has 0 spiro atoms. The van der Waals surface area contributed by atoms with E-state index in [-0.39, 0.29) is 17.7 Å². The summed E-state index contributed by atoms with van der Waals surface area (Å²) in [5.41, 5.74) is 2.38. The van der Waals surface area contributed by atoms with Gasteiger partial charge in [0.05, 0.1) is 4.88 Å². The highest BCUT2D eigenvalue weighted by Crippen LogP contribution is 2.33. The van der Waals surface area contributed by atoms with E-state index in [9.17, 15) is 9.59 Å². The fourth-order valence-electron chi connectivity index (χ4n) is 3.95. The van der Waals surface area contributed by atoms with E-state index in [0.717, 1.165) is 56.5 Å². The Morgan fingerprint density at radius 3 is 2.78 bits per heavy atom. The first-order valence-electron chi connectivity index (χ1n) is 9.78. The molecular formula is C21H25N3O2S. The molecule has 5 nitrogen and oxygen atoms in total. The number of carbonyl (C=O) groups excluding carboxylic acids is 2. The quantitative estimate of drug-likeness (QED) is 0.864. The Labute approximate surface area is 163 Å². The number of nitrogens with one attached hydrogen (secondary N) is 1. The summed E-state index contributed by atoms with van der Waals surface area (Å²) in [6.07, 6.45) is 9.10. The molecule has 1 atom stereocenters. The van der Waals surface area contributed by atoms with Crippen LogP contribution in [-0.2, 0) is 24.1 Å². The molecule has 2 aromatic heterocycles. The van der Waals surface area contributed by atoms with Gasteiger partial charge in [0.15, 0.2) is 0 Å². The van der Waals surface area contributed by atoms with Gasteiger partial charge >= 0.3 is 0 Å². The zero-order chi connectivity index (χ0) is 18.6. The normalized spacial score (nSPS) is 19.0. The molecule has 3 heterocycles. The number of hydrogen-bond donors (Lipinski definition) is 1. The van der Waals surface area contributed by atoms with Gasteiger partial charge in [-0.15, -0.1) is 11.3 Å². The number of hydrogen-bond acceptors (Lipinski definition) is 4. The molecule has 1 aliphatic heterocycles. The van der Waals surface area contributed by atoms with Crippen LogP contribution in [-0.4, -0.2) is 41.3 Å². The summed E-state index contributed by atoms with van der Waals surface area (Å²) >= 11 is 1.63. The second-order valence-corrected chi connectivity index (χ2v) is 8.53. The van der Waals surface area contributed by atoms with E-state index in [1.807, 2.05) is 23.1 Å². The minimum absolute atomic E-state index is 0.0132. The number of thiophene rings is 1. The lowest BCUT2D eigenvalue weighted by Crippen LogP contribution is -2.34. The van der Waals surface area contributed by atoms with Crippen molar-refractivity contribution in [2.24, 2.45) is 5.92 Å². The largest absolute Gasteiger partial charge is 0.356 e. The Bertz CT molecular complexity index is 812. The van der Waals surface area contributed by atoms with Crippen LogP contribution in [0.15, 0.2) is 30.6 Å². The monoisotopic (exact) mass is 383 g/mol. The van der Waals surface area contributed by atoms with Gasteiger partial charge in [-0.25, -0.2) is 0 Å². The van der Waals surface area contributed by atoms with Crippen LogP contribution in [0.5, 0.6) is 0 Å². The third kappa shape index (κ3) is 4.21. The summed E-state index contributed by atoms with van der Waals surface area (Å²) in [4.78, 5) is 33.3. The maximum absolute atomic E-state index is 12.6. The van der Waals surface area contributed by atoms with E-state index < -0.39 is 0 Å². The summed E-state index contributed by atoms with van der Waals surface area (Å²) in [5.74, 6) is 0.317. The second kappa shape index (κ2) is 8.21. The predicted molar refractivity (Wildman–Crippen MR) is 106 cm³/mol. The highest BCUT2D eigenvalue weighted by molar-refractivity contribution is 7.14. The number of fused-ring (bicyclic) bond motifs is 1. The number of aromatic nitrogens is 1. The minimum atomic E-state index is 0.0132. The molecule has 0 bridgehead atoms. The average molecular weight is 384 g/mol. The number of aryl methyl sites for hydroxylation is 1. The number of rotatable bonds is 5. The van der Waals surface area contributed by atoms with Crippen molar-refractivity contribution in [3.63, 3.8) is 0 Å². The third-order valence-corrected chi connectivity index (χ3v) is 6.75. The van der Waals surface area contributed by atoms with E-state index in [1.165, 1.54) is 16.0 Å². The van der Waals surface area contributed by atoms with E-state index in [2.05, 4.69) is 10.3 Å². The molecule has 0 aromatic carbocycles. The Morgan fingerprint density at radius 2 is 2.00 bits per heavy atom. The lowest BCUT2D eigenvalue weighted by molar-refractivity contribution is -0.125. The maximum Gasteiger partial charge on any atom is 0.263 e. The Morgan fingerprint density at radius 1 is 1.22 bits per heavy atom. The lowest BCUT2D eigenvalue weighted by Gasteiger charge is -2.21. The number of nitrogens with zero attached hydrogens (tertiary/aromatic N) is 2. The molecule has 1 N–H and O–H groups in total. The van der Waals surface area contributed by atoms with Crippen LogP contribution in [0.4, 0.5) is 0 Å². The molecular weight excluding hydrogens is 358 g/mol. The first kappa shape index (κ1) is 18.2. The van der Waals surface area contributed by atoms with Gasteiger partial charge in [0.2, 0.25) is 5.91 Å². The van der Waals surface area contributed by atoms with Crippen molar-refractivity contribution in [1.29, 1.82) is 0 Å². The van der Waals surface area contributed by atoms with Crippen LogP contribution in [0.3, 0.4) is 0 Å². The van der Waals surface area contributed by atoms with Crippen molar-refractivity contribution >= 4 is 23.2 Å². The number of pyridine rings is 1. The molecule has 2 amide bonds. The molecule has 0 saturated carbocycles. The van der Waals surface area contributed by atoms with Crippen LogP contribution in [0.1, 0.15) is 44.9 Å². The molecule has 2 aliphatic rings. The van der Waals surface area contributed by atoms with Gasteiger partial charge in [-0.3, -0.25) is 14.6 Å². The maximum atomic E-state index is 12.6. The van der Waals surface area contributed by atoms with Gasteiger partial charge in [-0.05, 0) is 67.9 Å². The first-order valence-corrected chi connectivity index (χ1v) is 10.6. The molecule has 0 unspecified atom stereocenters. The molecule has 1 saturated heterocycles. The van der Waals surface area contributed by atoms with Crippen LogP contribution >= 0.6 is 11.3 Å². The van der Waals surface area contributed by atoms with Gasteiger partial charge in [-0.1, -0.05) is 0 Å². The number of likely N-dealkylation sites (tertiary alicyclic amines) is 1. The van der Waals surface area contributed by atoms with Gasteiger partial charge < -0.3 is 10.2 Å². The molecule has 1 fully saturated rings. The topological polar surface area (TPSA) is 62.3 Å². The smallest absolute Gasteiger partial charge is 0.263 e. The lowest BCUT2D eigenvalue weighted by atomic mass is 9.87. The van der Waals surface area contributed by atoms with Crippen LogP contribution in [0.25, 0.3) is 0 Å². The summed E-state index contributed by atoms with van der Waals surface area (Å²) in [6, 6.07) is 5.99. The van der Waals surface area contributed by atoms with Crippen molar-refractivity contribution in [3.8, 4) is 0 Å². The highest BCUT2D eigenvalue weighted by atomic mass is 32.1. The van der Waals surface area contributed by atoms with Gasteiger partial charge in [0.25, 0.3) is 5.91 Å². The molecule has 1 aliphatic carbocycles. The van der Waals surface area contributed by atoms with Crippen LogP contribution < -0.4 is 5.32 Å². The minimum Gasteiger partial charge on any atom is -0.356 e. The van der Waals surface area contributed by atoms with Crippen molar-refractivity contribution < 1.29 is 9.59 Å². The second-order valence-electron chi connectivity index (χ2n) is 7.39. The van der Waals surface area contributed by atoms with E-state index >= 15 is 0 Å². The number of amides is 2. The fourth-order valence-corrected chi connectivity index (χ4v) is 5.13. The molecule has 142 valence electrons. The van der Waals surface area contributed by atoms with E-state index in [4.69, 9.17) is 0 Å². The van der Waals surface area contributed by atoms with E-state index in [1.54, 1.807) is 23.7 Å². The molecule has 6 heteroatoms. The zero-order valence-electron chi connectivity index (χ0n) is 15.4. The molecule has 4 rings (SSSR count). The summed E-state index contributed by atoms with van der Waals surface area (Å²) < 4.78 is 0. The Hall–Kier alpha value is -2.21.